The molecular weight excluding hydrogens is 355 g/mol. The number of fused-ring (bicyclic) bond motifs is 1. The van der Waals surface area contributed by atoms with Gasteiger partial charge in [0.25, 0.3) is 5.91 Å². The number of carbonyl (C=O) groups is 3. The average molecular weight is 374 g/mol. The summed E-state index contributed by atoms with van der Waals surface area (Å²) in [5.41, 5.74) is 0.119. The first kappa shape index (κ1) is 18.7. The van der Waals surface area contributed by atoms with Crippen molar-refractivity contribution in [2.45, 2.75) is 25.7 Å². The number of hydrogen-bond donors (Lipinski definition) is 2. The Hall–Kier alpha value is -3.08. The largest absolute Gasteiger partial charge is 0.481 e. The fourth-order valence-electron chi connectivity index (χ4n) is 3.55. The minimum Gasteiger partial charge on any atom is -0.481 e. The number of nitrogens with zero attached hydrogens (tertiary/aromatic N) is 1. The molecule has 0 saturated heterocycles. The molecule has 27 heavy (non-hydrogen) atoms. The standard InChI is InChI=1S/C19H19FN2O5/c1-2-7-22-15-9-14(13(20)8-16(15)27-10-17(22)23)21-18(24)11-5-3-4-6-12(11)19(25)26/h1,8-9,11-12H,3-7,10H2,(H,21,24)(H,25,26)/t11-,12-/m1/s1. The molecule has 1 fully saturated rings. The van der Waals surface area contributed by atoms with Crippen molar-refractivity contribution in [2.75, 3.05) is 23.4 Å². The van der Waals surface area contributed by atoms with E-state index in [1.54, 1.807) is 0 Å². The highest BCUT2D eigenvalue weighted by Crippen LogP contribution is 2.37. The van der Waals surface area contributed by atoms with Crippen molar-refractivity contribution in [3.8, 4) is 18.1 Å². The molecule has 0 unspecified atom stereocenters. The maximum Gasteiger partial charge on any atom is 0.307 e. The van der Waals surface area contributed by atoms with E-state index in [1.807, 2.05) is 0 Å². The predicted molar refractivity (Wildman–Crippen MR) is 94.8 cm³/mol. The number of rotatable bonds is 4. The van der Waals surface area contributed by atoms with Gasteiger partial charge in [-0.15, -0.1) is 6.42 Å². The monoisotopic (exact) mass is 374 g/mol. The highest BCUT2D eigenvalue weighted by atomic mass is 19.1. The number of benzene rings is 1. The number of carbonyl (C=O) groups excluding carboxylic acids is 2. The predicted octanol–water partition coefficient (Wildman–Crippen LogP) is 2.01. The lowest BCUT2D eigenvalue weighted by atomic mass is 9.78. The first-order chi connectivity index (χ1) is 12.9. The van der Waals surface area contributed by atoms with Crippen LogP contribution in [0.2, 0.25) is 0 Å². The molecule has 3 rings (SSSR count). The second-order valence-corrected chi connectivity index (χ2v) is 6.60. The van der Waals surface area contributed by atoms with E-state index in [-0.39, 0.29) is 36.2 Å². The molecule has 2 N–H and O–H groups in total. The van der Waals surface area contributed by atoms with Gasteiger partial charge >= 0.3 is 5.97 Å². The minimum absolute atomic E-state index is 0.0159. The lowest BCUT2D eigenvalue weighted by Crippen LogP contribution is -2.39. The minimum atomic E-state index is -1.03. The van der Waals surface area contributed by atoms with Crippen LogP contribution >= 0.6 is 0 Å². The number of halogens is 1. The van der Waals surface area contributed by atoms with Crippen molar-refractivity contribution in [1.29, 1.82) is 0 Å². The zero-order chi connectivity index (χ0) is 19.6. The van der Waals surface area contributed by atoms with Crippen LogP contribution < -0.4 is 15.0 Å². The Labute approximate surface area is 155 Å². The summed E-state index contributed by atoms with van der Waals surface area (Å²) in [5, 5.41) is 11.8. The van der Waals surface area contributed by atoms with Crippen LogP contribution in [0.4, 0.5) is 15.8 Å². The maximum atomic E-state index is 14.4. The molecule has 0 bridgehead atoms. The van der Waals surface area contributed by atoms with Gasteiger partial charge in [-0.05, 0) is 18.9 Å². The molecule has 0 radical (unpaired) electrons. The summed E-state index contributed by atoms with van der Waals surface area (Å²) in [6.45, 7) is -0.264. The van der Waals surface area contributed by atoms with Crippen LogP contribution in [0.5, 0.6) is 5.75 Å². The normalized spacial score (nSPS) is 21.6. The van der Waals surface area contributed by atoms with Crippen molar-refractivity contribution in [2.24, 2.45) is 11.8 Å². The second kappa shape index (κ2) is 7.66. The van der Waals surface area contributed by atoms with Gasteiger partial charge in [-0.25, -0.2) is 4.39 Å². The van der Waals surface area contributed by atoms with E-state index in [1.165, 1.54) is 11.0 Å². The van der Waals surface area contributed by atoms with E-state index in [2.05, 4.69) is 11.2 Å². The Morgan fingerprint density at radius 1 is 1.33 bits per heavy atom. The van der Waals surface area contributed by atoms with Crippen LogP contribution in [-0.4, -0.2) is 36.0 Å². The first-order valence-electron chi connectivity index (χ1n) is 8.66. The lowest BCUT2D eigenvalue weighted by Gasteiger charge is -2.29. The molecule has 0 aromatic heterocycles. The summed E-state index contributed by atoms with van der Waals surface area (Å²) < 4.78 is 19.6. The summed E-state index contributed by atoms with van der Waals surface area (Å²) in [4.78, 5) is 37.2. The summed E-state index contributed by atoms with van der Waals surface area (Å²) in [6.07, 6.45) is 7.62. The quantitative estimate of drug-likeness (QED) is 0.786. The van der Waals surface area contributed by atoms with E-state index in [0.29, 0.717) is 12.8 Å². The summed E-state index contributed by atoms with van der Waals surface area (Å²) in [6, 6.07) is 2.37. The van der Waals surface area contributed by atoms with Crippen LogP contribution in [0.25, 0.3) is 0 Å². The fraction of sp³-hybridized carbons (Fsp3) is 0.421. The third-order valence-electron chi connectivity index (χ3n) is 4.92. The molecule has 1 aliphatic heterocycles. The highest BCUT2D eigenvalue weighted by Gasteiger charge is 2.36. The Morgan fingerprint density at radius 3 is 2.70 bits per heavy atom. The molecule has 1 saturated carbocycles. The van der Waals surface area contributed by atoms with Crippen molar-refractivity contribution in [1.82, 2.24) is 0 Å². The maximum absolute atomic E-state index is 14.4. The molecular formula is C19H19FN2O5. The topological polar surface area (TPSA) is 95.9 Å². The van der Waals surface area contributed by atoms with Crippen LogP contribution in [0.3, 0.4) is 0 Å². The van der Waals surface area contributed by atoms with E-state index >= 15 is 0 Å². The van der Waals surface area contributed by atoms with E-state index in [4.69, 9.17) is 11.2 Å². The van der Waals surface area contributed by atoms with Crippen molar-refractivity contribution in [3.63, 3.8) is 0 Å². The second-order valence-electron chi connectivity index (χ2n) is 6.60. The Morgan fingerprint density at radius 2 is 2.04 bits per heavy atom. The zero-order valence-corrected chi connectivity index (χ0v) is 14.5. The Kier molecular flexibility index (Phi) is 5.31. The number of anilines is 2. The molecule has 1 heterocycles. The summed E-state index contributed by atoms with van der Waals surface area (Å²) >= 11 is 0. The number of terminal acetylenes is 1. The van der Waals surface area contributed by atoms with Gasteiger partial charge in [-0.3, -0.25) is 19.3 Å². The molecule has 1 aromatic carbocycles. The SMILES string of the molecule is C#CCN1C(=O)COc2cc(F)c(NC(=O)[C@@H]3CCCC[C@H]3C(=O)O)cc21. The van der Waals surface area contributed by atoms with Gasteiger partial charge in [0.15, 0.2) is 12.4 Å². The van der Waals surface area contributed by atoms with Crippen LogP contribution in [0.15, 0.2) is 12.1 Å². The molecule has 2 amide bonds. The van der Waals surface area contributed by atoms with Gasteiger partial charge in [-0.1, -0.05) is 18.8 Å². The van der Waals surface area contributed by atoms with Crippen molar-refractivity contribution >= 4 is 29.2 Å². The molecule has 0 spiro atoms. The van der Waals surface area contributed by atoms with E-state index in [9.17, 15) is 23.9 Å². The molecule has 8 heteroatoms. The zero-order valence-electron chi connectivity index (χ0n) is 14.5. The number of hydrogen-bond acceptors (Lipinski definition) is 4. The molecule has 1 aliphatic carbocycles. The molecule has 1 aromatic rings. The number of nitrogens with one attached hydrogen (secondary N) is 1. The molecule has 2 aliphatic rings. The van der Waals surface area contributed by atoms with Crippen molar-refractivity contribution in [3.05, 3.63) is 17.9 Å². The molecule has 7 nitrogen and oxygen atoms in total. The van der Waals surface area contributed by atoms with Crippen LogP contribution in [-0.2, 0) is 14.4 Å². The highest BCUT2D eigenvalue weighted by molar-refractivity contribution is 6.00. The van der Waals surface area contributed by atoms with Crippen molar-refractivity contribution < 1.29 is 28.6 Å². The number of aliphatic carboxylic acids is 1. The fourth-order valence-corrected chi connectivity index (χ4v) is 3.55. The van der Waals surface area contributed by atoms with Gasteiger partial charge in [-0.2, -0.15) is 0 Å². The number of carboxylic acids is 1. The summed E-state index contributed by atoms with van der Waals surface area (Å²) in [5.74, 6) is -1.69. The lowest BCUT2D eigenvalue weighted by molar-refractivity contribution is -0.147. The third kappa shape index (κ3) is 3.72. The van der Waals surface area contributed by atoms with Crippen LogP contribution in [0.1, 0.15) is 25.7 Å². The smallest absolute Gasteiger partial charge is 0.307 e. The van der Waals surface area contributed by atoms with Gasteiger partial charge in [0.1, 0.15) is 5.75 Å². The van der Waals surface area contributed by atoms with Gasteiger partial charge in [0.2, 0.25) is 5.91 Å². The van der Waals surface area contributed by atoms with Gasteiger partial charge in [0.05, 0.1) is 29.8 Å². The van der Waals surface area contributed by atoms with Crippen LogP contribution in [0, 0.1) is 30.0 Å². The molecule has 142 valence electrons. The Bertz CT molecular complexity index is 832. The summed E-state index contributed by atoms with van der Waals surface area (Å²) in [7, 11) is 0. The average Bonchev–Trinajstić information content (AvgIpc) is 2.65. The number of carboxylic acid groups (broad SMARTS) is 1. The van der Waals surface area contributed by atoms with E-state index < -0.39 is 29.5 Å². The van der Waals surface area contributed by atoms with Gasteiger partial charge < -0.3 is 15.2 Å². The number of ether oxygens (including phenoxy) is 1. The Balaban J connectivity index is 1.87. The third-order valence-corrected chi connectivity index (χ3v) is 4.92. The first-order valence-corrected chi connectivity index (χ1v) is 8.66. The number of amides is 2. The van der Waals surface area contributed by atoms with E-state index in [0.717, 1.165) is 18.9 Å². The van der Waals surface area contributed by atoms with Gasteiger partial charge in [0, 0.05) is 6.07 Å². The molecule has 2 atom stereocenters.